The highest BCUT2D eigenvalue weighted by Crippen LogP contribution is 2.25. The van der Waals surface area contributed by atoms with E-state index in [9.17, 15) is 4.79 Å². The largest absolute Gasteiger partial charge is 0.322 e. The first-order valence-corrected chi connectivity index (χ1v) is 8.18. The maximum atomic E-state index is 12.4. The zero-order valence-corrected chi connectivity index (χ0v) is 13.7. The van der Waals surface area contributed by atoms with Gasteiger partial charge in [0.25, 0.3) is 5.91 Å². The van der Waals surface area contributed by atoms with Gasteiger partial charge in [0.1, 0.15) is 0 Å². The van der Waals surface area contributed by atoms with Crippen molar-refractivity contribution < 1.29 is 4.79 Å². The molecule has 0 aromatic heterocycles. The first-order valence-electron chi connectivity index (χ1n) is 7.39. The summed E-state index contributed by atoms with van der Waals surface area (Å²) in [6.07, 6.45) is 4.32. The van der Waals surface area contributed by atoms with Crippen molar-refractivity contribution in [2.24, 2.45) is 0 Å². The van der Waals surface area contributed by atoms with Gasteiger partial charge in [0.2, 0.25) is 0 Å². The monoisotopic (exact) mass is 343 g/mol. The Hall–Kier alpha value is -1.61. The van der Waals surface area contributed by atoms with Crippen LogP contribution in [-0.4, -0.2) is 5.91 Å². The van der Waals surface area contributed by atoms with E-state index in [0.29, 0.717) is 0 Å². The standard InChI is InChI=1S/C18H18BrNO/c1-2-12-11-16(19)8-9-17(12)20-18(21)15-7-6-13-4-3-5-14(13)10-15/h6-11H,2-5H2,1H3,(H,20,21). The van der Waals surface area contributed by atoms with Gasteiger partial charge < -0.3 is 5.32 Å². The summed E-state index contributed by atoms with van der Waals surface area (Å²) in [5, 5.41) is 3.04. The lowest BCUT2D eigenvalue weighted by molar-refractivity contribution is 0.102. The summed E-state index contributed by atoms with van der Waals surface area (Å²) >= 11 is 3.47. The lowest BCUT2D eigenvalue weighted by Crippen LogP contribution is -2.13. The number of benzene rings is 2. The Morgan fingerprint density at radius 3 is 2.76 bits per heavy atom. The van der Waals surface area contributed by atoms with Crippen molar-refractivity contribution >= 4 is 27.5 Å². The molecule has 2 aromatic carbocycles. The summed E-state index contributed by atoms with van der Waals surface area (Å²) in [4.78, 5) is 12.4. The third kappa shape index (κ3) is 3.03. The maximum absolute atomic E-state index is 12.4. The van der Waals surface area contributed by atoms with E-state index >= 15 is 0 Å². The Morgan fingerprint density at radius 1 is 1.14 bits per heavy atom. The van der Waals surface area contributed by atoms with Crippen LogP contribution in [0.4, 0.5) is 5.69 Å². The number of anilines is 1. The number of rotatable bonds is 3. The lowest BCUT2D eigenvalue weighted by atomic mass is 10.1. The normalized spacial score (nSPS) is 13.0. The van der Waals surface area contributed by atoms with Gasteiger partial charge >= 0.3 is 0 Å². The summed E-state index contributed by atoms with van der Waals surface area (Å²) in [7, 11) is 0. The van der Waals surface area contributed by atoms with E-state index in [2.05, 4.69) is 40.3 Å². The third-order valence-electron chi connectivity index (χ3n) is 4.06. The molecule has 0 radical (unpaired) electrons. The van der Waals surface area contributed by atoms with Crippen molar-refractivity contribution in [3.63, 3.8) is 0 Å². The van der Waals surface area contributed by atoms with E-state index in [1.54, 1.807) is 0 Å². The van der Waals surface area contributed by atoms with Crippen molar-refractivity contribution in [1.29, 1.82) is 0 Å². The van der Waals surface area contributed by atoms with Crippen LogP contribution in [0.3, 0.4) is 0 Å². The third-order valence-corrected chi connectivity index (χ3v) is 4.55. The fourth-order valence-electron chi connectivity index (χ4n) is 2.88. The molecule has 2 aromatic rings. The number of hydrogen-bond acceptors (Lipinski definition) is 1. The molecule has 0 fully saturated rings. The molecule has 0 spiro atoms. The van der Waals surface area contributed by atoms with Crippen molar-refractivity contribution in [2.45, 2.75) is 32.6 Å². The number of halogens is 1. The molecule has 108 valence electrons. The molecule has 0 bridgehead atoms. The topological polar surface area (TPSA) is 29.1 Å². The van der Waals surface area contributed by atoms with Gasteiger partial charge in [0.05, 0.1) is 0 Å². The summed E-state index contributed by atoms with van der Waals surface area (Å²) in [5.74, 6) is -0.0262. The van der Waals surface area contributed by atoms with Gasteiger partial charge in [-0.3, -0.25) is 4.79 Å². The Bertz CT molecular complexity index is 694. The first-order chi connectivity index (χ1) is 10.2. The number of hydrogen-bond donors (Lipinski definition) is 1. The van der Waals surface area contributed by atoms with Gasteiger partial charge in [0.15, 0.2) is 0 Å². The number of aryl methyl sites for hydroxylation is 3. The fraction of sp³-hybridized carbons (Fsp3) is 0.278. The van der Waals surface area contributed by atoms with Crippen molar-refractivity contribution in [1.82, 2.24) is 0 Å². The second-order valence-electron chi connectivity index (χ2n) is 5.45. The molecule has 1 aliphatic rings. The Balaban J connectivity index is 1.83. The van der Waals surface area contributed by atoms with Crippen LogP contribution in [0.25, 0.3) is 0 Å². The van der Waals surface area contributed by atoms with E-state index < -0.39 is 0 Å². The number of carbonyl (C=O) groups excluding carboxylic acids is 1. The minimum absolute atomic E-state index is 0.0262. The van der Waals surface area contributed by atoms with Gasteiger partial charge in [-0.25, -0.2) is 0 Å². The fourth-order valence-corrected chi connectivity index (χ4v) is 3.29. The Labute approximate surface area is 133 Å². The van der Waals surface area contributed by atoms with E-state index in [1.807, 2.05) is 24.3 Å². The van der Waals surface area contributed by atoms with E-state index in [1.165, 1.54) is 17.5 Å². The number of fused-ring (bicyclic) bond motifs is 1. The first kappa shape index (κ1) is 14.3. The van der Waals surface area contributed by atoms with Gasteiger partial charge in [0, 0.05) is 15.7 Å². The second-order valence-corrected chi connectivity index (χ2v) is 6.36. The molecule has 3 rings (SSSR count). The van der Waals surface area contributed by atoms with E-state index in [4.69, 9.17) is 0 Å². The average Bonchev–Trinajstić information content (AvgIpc) is 2.96. The highest BCUT2D eigenvalue weighted by molar-refractivity contribution is 9.10. The zero-order chi connectivity index (χ0) is 14.8. The molecular formula is C18H18BrNO. The highest BCUT2D eigenvalue weighted by atomic mass is 79.9. The number of amides is 1. The van der Waals surface area contributed by atoms with Crippen LogP contribution >= 0.6 is 15.9 Å². The Kier molecular flexibility index (Phi) is 4.11. The molecule has 0 saturated heterocycles. The molecule has 0 heterocycles. The predicted octanol–water partition coefficient (Wildman–Crippen LogP) is 4.75. The molecule has 1 amide bonds. The SMILES string of the molecule is CCc1cc(Br)ccc1NC(=O)c1ccc2c(c1)CCC2. The number of nitrogens with one attached hydrogen (secondary N) is 1. The van der Waals surface area contributed by atoms with E-state index in [0.717, 1.165) is 40.5 Å². The van der Waals surface area contributed by atoms with Crippen molar-refractivity contribution in [2.75, 3.05) is 5.32 Å². The van der Waals surface area contributed by atoms with Crippen LogP contribution in [-0.2, 0) is 19.3 Å². The molecule has 0 unspecified atom stereocenters. The molecule has 1 N–H and O–H groups in total. The van der Waals surface area contributed by atoms with Crippen LogP contribution in [0.15, 0.2) is 40.9 Å². The summed E-state index contributed by atoms with van der Waals surface area (Å²) in [5.41, 5.74) is 5.50. The molecule has 21 heavy (non-hydrogen) atoms. The van der Waals surface area contributed by atoms with Crippen LogP contribution in [0, 0.1) is 0 Å². The van der Waals surface area contributed by atoms with Crippen molar-refractivity contribution in [3.05, 3.63) is 63.1 Å². The zero-order valence-electron chi connectivity index (χ0n) is 12.1. The highest BCUT2D eigenvalue weighted by Gasteiger charge is 2.14. The summed E-state index contributed by atoms with van der Waals surface area (Å²) in [6, 6.07) is 12.0. The molecular weight excluding hydrogens is 326 g/mol. The van der Waals surface area contributed by atoms with Gasteiger partial charge in [-0.15, -0.1) is 0 Å². The minimum Gasteiger partial charge on any atom is -0.322 e. The molecule has 0 saturated carbocycles. The van der Waals surface area contributed by atoms with Crippen LogP contribution < -0.4 is 5.32 Å². The van der Waals surface area contributed by atoms with Crippen LogP contribution in [0.2, 0.25) is 0 Å². The van der Waals surface area contributed by atoms with Gasteiger partial charge in [-0.05, 0) is 72.7 Å². The summed E-state index contributed by atoms with van der Waals surface area (Å²) < 4.78 is 1.04. The van der Waals surface area contributed by atoms with Crippen LogP contribution in [0.5, 0.6) is 0 Å². The average molecular weight is 344 g/mol. The van der Waals surface area contributed by atoms with Gasteiger partial charge in [-0.1, -0.05) is 28.9 Å². The Morgan fingerprint density at radius 2 is 1.95 bits per heavy atom. The predicted molar refractivity (Wildman–Crippen MR) is 89.9 cm³/mol. The molecule has 2 nitrogen and oxygen atoms in total. The molecule has 1 aliphatic carbocycles. The van der Waals surface area contributed by atoms with Gasteiger partial charge in [-0.2, -0.15) is 0 Å². The van der Waals surface area contributed by atoms with Crippen molar-refractivity contribution in [3.8, 4) is 0 Å². The molecule has 0 aliphatic heterocycles. The minimum atomic E-state index is -0.0262. The second kappa shape index (κ2) is 6.02. The quantitative estimate of drug-likeness (QED) is 0.855. The van der Waals surface area contributed by atoms with Crippen LogP contribution in [0.1, 0.15) is 40.4 Å². The number of carbonyl (C=O) groups is 1. The lowest BCUT2D eigenvalue weighted by Gasteiger charge is -2.11. The summed E-state index contributed by atoms with van der Waals surface area (Å²) in [6.45, 7) is 2.09. The van der Waals surface area contributed by atoms with E-state index in [-0.39, 0.29) is 5.91 Å². The molecule has 0 atom stereocenters. The maximum Gasteiger partial charge on any atom is 0.255 e. The smallest absolute Gasteiger partial charge is 0.255 e. The molecule has 3 heteroatoms.